The summed E-state index contributed by atoms with van der Waals surface area (Å²) in [6.45, 7) is 7.67. The summed E-state index contributed by atoms with van der Waals surface area (Å²) >= 11 is 0. The minimum absolute atomic E-state index is 0.0582. The molecule has 5 heteroatoms. The van der Waals surface area contributed by atoms with Crippen molar-refractivity contribution in [3.05, 3.63) is 36.0 Å². The smallest absolute Gasteiger partial charge is 0.222 e. The molecule has 4 rings (SSSR count). The van der Waals surface area contributed by atoms with Gasteiger partial charge in [-0.15, -0.1) is 0 Å². The first kappa shape index (κ1) is 18.5. The van der Waals surface area contributed by atoms with Crippen LogP contribution in [0.1, 0.15) is 38.2 Å². The number of rotatable bonds is 5. The number of aliphatic hydroxyl groups is 1. The molecule has 2 saturated heterocycles. The van der Waals surface area contributed by atoms with Crippen LogP contribution in [0, 0.1) is 5.41 Å². The number of hydrogen-bond acceptors (Lipinski definition) is 3. The Morgan fingerprint density at radius 3 is 2.89 bits per heavy atom. The average molecular weight is 370 g/mol. The lowest BCUT2D eigenvalue weighted by atomic mass is 9.73. The fraction of sp³-hybridized carbons (Fsp3) is 0.591. The summed E-state index contributed by atoms with van der Waals surface area (Å²) in [4.78, 5) is 16.6. The van der Waals surface area contributed by atoms with E-state index in [1.165, 1.54) is 29.3 Å². The van der Waals surface area contributed by atoms with Crippen molar-refractivity contribution in [1.29, 1.82) is 0 Å². The van der Waals surface area contributed by atoms with Gasteiger partial charge in [-0.25, -0.2) is 0 Å². The van der Waals surface area contributed by atoms with Crippen molar-refractivity contribution in [3.8, 4) is 0 Å². The third kappa shape index (κ3) is 3.76. The normalized spacial score (nSPS) is 24.2. The first-order valence-corrected chi connectivity index (χ1v) is 10.3. The van der Waals surface area contributed by atoms with E-state index in [0.717, 1.165) is 39.1 Å². The van der Waals surface area contributed by atoms with Gasteiger partial charge in [-0.3, -0.25) is 9.69 Å². The maximum atomic E-state index is 12.1. The molecule has 3 heterocycles. The largest absolute Gasteiger partial charge is 0.395 e. The zero-order valence-electron chi connectivity index (χ0n) is 16.4. The first-order valence-electron chi connectivity index (χ1n) is 10.3. The van der Waals surface area contributed by atoms with Crippen LogP contribution >= 0.6 is 0 Å². The molecule has 2 aliphatic heterocycles. The topological polar surface area (TPSA) is 48.7 Å². The van der Waals surface area contributed by atoms with Crippen molar-refractivity contribution in [2.45, 2.75) is 45.7 Å². The van der Waals surface area contributed by atoms with E-state index in [4.69, 9.17) is 0 Å². The molecule has 27 heavy (non-hydrogen) atoms. The van der Waals surface area contributed by atoms with Crippen molar-refractivity contribution in [1.82, 2.24) is 14.4 Å². The van der Waals surface area contributed by atoms with Crippen LogP contribution < -0.4 is 0 Å². The third-order valence-corrected chi connectivity index (χ3v) is 6.44. The Hall–Kier alpha value is -1.85. The number of piperidine rings is 2. The van der Waals surface area contributed by atoms with Crippen LogP contribution in [0.4, 0.5) is 0 Å². The van der Waals surface area contributed by atoms with E-state index in [0.29, 0.717) is 13.0 Å². The molecule has 2 fully saturated rings. The van der Waals surface area contributed by atoms with Crippen LogP contribution in [-0.4, -0.2) is 58.2 Å². The third-order valence-electron chi connectivity index (χ3n) is 6.44. The van der Waals surface area contributed by atoms with Crippen LogP contribution in [0.3, 0.4) is 0 Å². The van der Waals surface area contributed by atoms with Gasteiger partial charge in [0.05, 0.1) is 6.61 Å². The van der Waals surface area contributed by atoms with Gasteiger partial charge in [0.2, 0.25) is 5.91 Å². The minimum atomic E-state index is 0.0582. The van der Waals surface area contributed by atoms with Crippen LogP contribution in [0.25, 0.3) is 10.9 Å². The molecule has 1 spiro atoms. The number of aryl methyl sites for hydroxylation is 1. The van der Waals surface area contributed by atoms with Gasteiger partial charge in [0.15, 0.2) is 0 Å². The zero-order chi connectivity index (χ0) is 18.9. The number of nitrogens with zero attached hydrogens (tertiary/aromatic N) is 3. The quantitative estimate of drug-likeness (QED) is 0.882. The Bertz CT molecular complexity index is 815. The summed E-state index contributed by atoms with van der Waals surface area (Å²) in [5.74, 6) is 0.206. The van der Waals surface area contributed by atoms with E-state index < -0.39 is 0 Å². The summed E-state index contributed by atoms with van der Waals surface area (Å²) in [7, 11) is 0. The van der Waals surface area contributed by atoms with Gasteiger partial charge in [-0.2, -0.15) is 0 Å². The number of amides is 1. The fourth-order valence-electron chi connectivity index (χ4n) is 5.07. The maximum Gasteiger partial charge on any atom is 0.222 e. The van der Waals surface area contributed by atoms with Gasteiger partial charge in [-0.05, 0) is 55.8 Å². The maximum absolute atomic E-state index is 12.1. The predicted octanol–water partition coefficient (Wildman–Crippen LogP) is 2.86. The Kier molecular flexibility index (Phi) is 5.24. The highest BCUT2D eigenvalue weighted by Gasteiger charge is 2.41. The van der Waals surface area contributed by atoms with E-state index in [-0.39, 0.29) is 17.9 Å². The zero-order valence-corrected chi connectivity index (χ0v) is 16.4. The van der Waals surface area contributed by atoms with Crippen LogP contribution in [0.5, 0.6) is 0 Å². The number of likely N-dealkylation sites (tertiary alicyclic amines) is 2. The standard InChI is InChI=1S/C22H31N3O2/c1-2-24-11-7-19-5-4-18(14-20(19)24)15-23-10-3-8-22(16-23)9-6-21(27)25(17-22)12-13-26/h4-5,7,11,14,26H,2-3,6,8-10,12-13,15-17H2,1H3/t22-/m0/s1. The second-order valence-corrected chi connectivity index (χ2v) is 8.35. The Morgan fingerprint density at radius 1 is 1.19 bits per heavy atom. The van der Waals surface area contributed by atoms with Gasteiger partial charge in [0, 0.05) is 56.3 Å². The van der Waals surface area contributed by atoms with Crippen LogP contribution in [0.2, 0.25) is 0 Å². The molecule has 1 amide bonds. The van der Waals surface area contributed by atoms with Gasteiger partial charge in [-0.1, -0.05) is 12.1 Å². The summed E-state index contributed by atoms with van der Waals surface area (Å²) in [6.07, 6.45) is 6.16. The Morgan fingerprint density at radius 2 is 2.07 bits per heavy atom. The summed E-state index contributed by atoms with van der Waals surface area (Å²) < 4.78 is 2.30. The molecule has 0 radical (unpaired) electrons. The van der Waals surface area contributed by atoms with Crippen molar-refractivity contribution < 1.29 is 9.90 Å². The number of hydrogen-bond donors (Lipinski definition) is 1. The van der Waals surface area contributed by atoms with Gasteiger partial charge >= 0.3 is 0 Å². The molecular formula is C22H31N3O2. The number of carbonyl (C=O) groups is 1. The van der Waals surface area contributed by atoms with Gasteiger partial charge < -0.3 is 14.6 Å². The summed E-state index contributed by atoms with van der Waals surface area (Å²) in [6, 6.07) is 9.01. The highest BCUT2D eigenvalue weighted by molar-refractivity contribution is 5.80. The van der Waals surface area contributed by atoms with E-state index in [1.807, 2.05) is 4.90 Å². The van der Waals surface area contributed by atoms with Crippen LogP contribution in [0.15, 0.2) is 30.5 Å². The van der Waals surface area contributed by atoms with Gasteiger partial charge in [0.1, 0.15) is 0 Å². The highest BCUT2D eigenvalue weighted by Crippen LogP contribution is 2.39. The molecule has 0 unspecified atom stereocenters. The molecule has 0 saturated carbocycles. The number of aromatic nitrogens is 1. The molecule has 2 aliphatic rings. The number of carbonyl (C=O) groups excluding carboxylic acids is 1. The summed E-state index contributed by atoms with van der Waals surface area (Å²) in [5.41, 5.74) is 2.89. The lowest BCUT2D eigenvalue weighted by molar-refractivity contribution is -0.140. The van der Waals surface area contributed by atoms with Crippen molar-refractivity contribution in [2.24, 2.45) is 5.41 Å². The molecule has 1 aromatic heterocycles. The van der Waals surface area contributed by atoms with Crippen LogP contribution in [-0.2, 0) is 17.9 Å². The van der Waals surface area contributed by atoms with Crippen molar-refractivity contribution >= 4 is 16.8 Å². The number of aliphatic hydroxyl groups excluding tert-OH is 1. The van der Waals surface area contributed by atoms with Crippen molar-refractivity contribution in [2.75, 3.05) is 32.8 Å². The van der Waals surface area contributed by atoms with E-state index in [1.54, 1.807) is 0 Å². The molecule has 2 aromatic rings. The number of β-amino-alcohol motifs (C(OH)–C–C–N with tert-alkyl or cyclic N) is 1. The number of fused-ring (bicyclic) bond motifs is 1. The molecule has 1 N–H and O–H groups in total. The fourth-order valence-corrected chi connectivity index (χ4v) is 5.07. The Balaban J connectivity index is 1.48. The predicted molar refractivity (Wildman–Crippen MR) is 107 cm³/mol. The van der Waals surface area contributed by atoms with Crippen molar-refractivity contribution in [3.63, 3.8) is 0 Å². The van der Waals surface area contributed by atoms with E-state index in [2.05, 4.69) is 46.9 Å². The summed E-state index contributed by atoms with van der Waals surface area (Å²) in [5, 5.41) is 10.6. The lowest BCUT2D eigenvalue weighted by Crippen LogP contribution is -2.54. The molecule has 1 aromatic carbocycles. The molecule has 146 valence electrons. The Labute approximate surface area is 161 Å². The average Bonchev–Trinajstić information content (AvgIpc) is 3.08. The molecule has 1 atom stereocenters. The van der Waals surface area contributed by atoms with E-state index in [9.17, 15) is 9.90 Å². The molecule has 0 aliphatic carbocycles. The SMILES string of the molecule is CCn1ccc2ccc(CN3CCC[C@]4(CCC(=O)N(CCO)C4)C3)cc21. The number of benzene rings is 1. The first-order chi connectivity index (χ1) is 13.1. The lowest BCUT2D eigenvalue weighted by Gasteiger charge is -2.48. The highest BCUT2D eigenvalue weighted by atomic mass is 16.3. The minimum Gasteiger partial charge on any atom is -0.395 e. The molecular weight excluding hydrogens is 338 g/mol. The van der Waals surface area contributed by atoms with E-state index >= 15 is 0 Å². The second kappa shape index (κ2) is 7.64. The second-order valence-electron chi connectivity index (χ2n) is 8.35. The van der Waals surface area contributed by atoms with Gasteiger partial charge in [0.25, 0.3) is 0 Å². The molecule has 5 nitrogen and oxygen atoms in total. The molecule has 0 bridgehead atoms. The monoisotopic (exact) mass is 369 g/mol.